The Morgan fingerprint density at radius 3 is 2.31 bits per heavy atom. The third-order valence-corrected chi connectivity index (χ3v) is 6.33. The minimum Gasteiger partial charge on any atom is -0.497 e. The van der Waals surface area contributed by atoms with Crippen molar-refractivity contribution in [2.24, 2.45) is 5.41 Å². The molecule has 4 rings (SSSR count). The van der Waals surface area contributed by atoms with Crippen molar-refractivity contribution in [3.8, 4) is 16.9 Å². The number of methoxy groups -OCH3 is 1. The summed E-state index contributed by atoms with van der Waals surface area (Å²) < 4.78 is 5.26. The Labute approximate surface area is 190 Å². The third-order valence-electron chi connectivity index (χ3n) is 6.33. The van der Waals surface area contributed by atoms with Gasteiger partial charge in [0.2, 0.25) is 5.91 Å². The van der Waals surface area contributed by atoms with E-state index in [-0.39, 0.29) is 5.91 Å². The lowest BCUT2D eigenvalue weighted by Gasteiger charge is -2.28. The van der Waals surface area contributed by atoms with Crippen molar-refractivity contribution >= 4 is 5.91 Å². The molecular weight excluding hydrogens is 398 g/mol. The number of carbonyl (C=O) groups excluding carboxylic acids is 1. The number of hydrogen-bond acceptors (Lipinski definition) is 4. The number of rotatable bonds is 8. The maximum atomic E-state index is 13.2. The minimum absolute atomic E-state index is 0.162. The van der Waals surface area contributed by atoms with Gasteiger partial charge in [-0.15, -0.1) is 0 Å². The fourth-order valence-corrected chi connectivity index (χ4v) is 4.59. The van der Waals surface area contributed by atoms with E-state index in [1.54, 1.807) is 7.11 Å². The molecule has 32 heavy (non-hydrogen) atoms. The van der Waals surface area contributed by atoms with Gasteiger partial charge in [-0.3, -0.25) is 14.7 Å². The van der Waals surface area contributed by atoms with Gasteiger partial charge in [0.1, 0.15) is 5.75 Å². The largest absolute Gasteiger partial charge is 0.497 e. The van der Waals surface area contributed by atoms with Crippen LogP contribution in [0.15, 0.2) is 73.1 Å². The van der Waals surface area contributed by atoms with Crippen LogP contribution in [0.25, 0.3) is 11.1 Å². The number of ether oxygens (including phenoxy) is 1. The van der Waals surface area contributed by atoms with Gasteiger partial charge >= 0.3 is 0 Å². The second kappa shape index (κ2) is 9.96. The fraction of sp³-hybridized carbons (Fsp3) is 0.333. The van der Waals surface area contributed by atoms with Crippen LogP contribution in [0.2, 0.25) is 0 Å². The second-order valence-corrected chi connectivity index (χ2v) is 8.56. The van der Waals surface area contributed by atoms with E-state index >= 15 is 0 Å². The molecule has 5 nitrogen and oxygen atoms in total. The van der Waals surface area contributed by atoms with Crippen LogP contribution < -0.4 is 10.1 Å². The first-order valence-corrected chi connectivity index (χ1v) is 11.2. The summed E-state index contributed by atoms with van der Waals surface area (Å²) in [5, 5.41) is 3.10. The number of likely N-dealkylation sites (tertiary alicyclic amines) is 1. The molecule has 2 aromatic carbocycles. The normalized spacial score (nSPS) is 18.4. The molecular formula is C27H31N3O2. The van der Waals surface area contributed by atoms with Crippen molar-refractivity contribution in [1.29, 1.82) is 0 Å². The molecule has 0 saturated carbocycles. The quantitative estimate of drug-likeness (QED) is 0.579. The Morgan fingerprint density at radius 2 is 1.66 bits per heavy atom. The summed E-state index contributed by atoms with van der Waals surface area (Å²) in [6.45, 7) is 5.15. The summed E-state index contributed by atoms with van der Waals surface area (Å²) in [6.07, 6.45) is 5.22. The molecule has 1 fully saturated rings. The van der Waals surface area contributed by atoms with E-state index in [0.717, 1.165) is 49.4 Å². The predicted molar refractivity (Wildman–Crippen MR) is 127 cm³/mol. The number of nitrogens with zero attached hydrogens (tertiary/aromatic N) is 2. The van der Waals surface area contributed by atoms with E-state index in [0.29, 0.717) is 6.54 Å². The molecule has 0 aliphatic carbocycles. The van der Waals surface area contributed by atoms with Gasteiger partial charge in [-0.05, 0) is 72.8 Å². The Morgan fingerprint density at radius 1 is 1.00 bits per heavy atom. The van der Waals surface area contributed by atoms with E-state index < -0.39 is 5.41 Å². The number of nitrogens with one attached hydrogen (secondary N) is 1. The van der Waals surface area contributed by atoms with Gasteiger partial charge in [0.05, 0.1) is 12.5 Å². The van der Waals surface area contributed by atoms with Crippen LogP contribution in [-0.4, -0.2) is 42.5 Å². The monoisotopic (exact) mass is 429 g/mol. The number of carbonyl (C=O) groups is 1. The molecule has 166 valence electrons. The molecule has 3 aromatic rings. The molecule has 0 spiro atoms. The third kappa shape index (κ3) is 5.00. The lowest BCUT2D eigenvalue weighted by atomic mass is 9.79. The van der Waals surface area contributed by atoms with E-state index in [4.69, 9.17) is 4.74 Å². The number of hydrogen-bond donors (Lipinski definition) is 1. The van der Waals surface area contributed by atoms with Crippen LogP contribution >= 0.6 is 0 Å². The molecule has 1 amide bonds. The molecule has 1 aromatic heterocycles. The van der Waals surface area contributed by atoms with Gasteiger partial charge in [-0.1, -0.05) is 36.4 Å². The molecule has 1 saturated heterocycles. The lowest BCUT2D eigenvalue weighted by molar-refractivity contribution is -0.130. The second-order valence-electron chi connectivity index (χ2n) is 8.56. The Balaban J connectivity index is 1.49. The first kappa shape index (κ1) is 22.0. The molecule has 0 radical (unpaired) electrons. The summed E-state index contributed by atoms with van der Waals surface area (Å²) in [6, 6.07) is 20.8. The van der Waals surface area contributed by atoms with E-state index in [1.165, 1.54) is 11.1 Å². The molecule has 1 aliphatic rings. The molecule has 0 bridgehead atoms. The highest BCUT2D eigenvalue weighted by molar-refractivity contribution is 5.83. The zero-order valence-corrected chi connectivity index (χ0v) is 18.9. The highest BCUT2D eigenvalue weighted by Crippen LogP contribution is 2.36. The summed E-state index contributed by atoms with van der Waals surface area (Å²) in [7, 11) is 1.68. The molecule has 1 aliphatic heterocycles. The van der Waals surface area contributed by atoms with Crippen molar-refractivity contribution in [1.82, 2.24) is 15.2 Å². The van der Waals surface area contributed by atoms with E-state index in [1.807, 2.05) is 43.6 Å². The fourth-order valence-electron chi connectivity index (χ4n) is 4.59. The number of aromatic nitrogens is 1. The maximum Gasteiger partial charge on any atom is 0.227 e. The summed E-state index contributed by atoms with van der Waals surface area (Å²) >= 11 is 0. The Hall–Kier alpha value is -3.18. The van der Waals surface area contributed by atoms with Gasteiger partial charge in [0, 0.05) is 32.0 Å². The van der Waals surface area contributed by atoms with Gasteiger partial charge in [-0.25, -0.2) is 0 Å². The van der Waals surface area contributed by atoms with Gasteiger partial charge < -0.3 is 10.1 Å². The highest BCUT2D eigenvalue weighted by atomic mass is 16.5. The van der Waals surface area contributed by atoms with Gasteiger partial charge in [0.15, 0.2) is 0 Å². The Bertz CT molecular complexity index is 1020. The van der Waals surface area contributed by atoms with Crippen LogP contribution in [0.5, 0.6) is 5.75 Å². The van der Waals surface area contributed by atoms with Crippen molar-refractivity contribution in [3.63, 3.8) is 0 Å². The topological polar surface area (TPSA) is 54.5 Å². The zero-order chi connectivity index (χ0) is 22.4. The molecule has 1 unspecified atom stereocenters. The summed E-state index contributed by atoms with van der Waals surface area (Å²) in [5.74, 6) is 1.03. The van der Waals surface area contributed by atoms with E-state index in [2.05, 4.69) is 51.6 Å². The zero-order valence-electron chi connectivity index (χ0n) is 18.9. The smallest absolute Gasteiger partial charge is 0.227 e. The van der Waals surface area contributed by atoms with Gasteiger partial charge in [0.25, 0.3) is 0 Å². The maximum absolute atomic E-state index is 13.2. The lowest BCUT2D eigenvalue weighted by Crippen LogP contribution is -2.44. The minimum atomic E-state index is -0.402. The van der Waals surface area contributed by atoms with Crippen molar-refractivity contribution in [3.05, 3.63) is 84.2 Å². The van der Waals surface area contributed by atoms with Crippen LogP contribution in [0.1, 0.15) is 24.5 Å². The van der Waals surface area contributed by atoms with Crippen molar-refractivity contribution < 1.29 is 9.53 Å². The Kier molecular flexibility index (Phi) is 6.86. The molecule has 2 heterocycles. The van der Waals surface area contributed by atoms with Crippen LogP contribution in [0.4, 0.5) is 0 Å². The molecule has 1 N–H and O–H groups in total. The SMILES string of the molecule is CCNC(=O)C1(Cc2ccc(-c3ccncc3)cc2)CCN(Cc2ccc(OC)cc2)C1. The first-order chi connectivity index (χ1) is 15.6. The highest BCUT2D eigenvalue weighted by Gasteiger charge is 2.44. The van der Waals surface area contributed by atoms with Gasteiger partial charge in [-0.2, -0.15) is 0 Å². The number of amides is 1. The summed E-state index contributed by atoms with van der Waals surface area (Å²) in [5.41, 5.74) is 4.34. The first-order valence-electron chi connectivity index (χ1n) is 11.2. The van der Waals surface area contributed by atoms with Crippen LogP contribution in [0, 0.1) is 5.41 Å². The van der Waals surface area contributed by atoms with Crippen LogP contribution in [0.3, 0.4) is 0 Å². The molecule has 1 atom stereocenters. The average Bonchev–Trinajstić information content (AvgIpc) is 3.24. The van der Waals surface area contributed by atoms with E-state index in [9.17, 15) is 4.79 Å². The van der Waals surface area contributed by atoms with Crippen molar-refractivity contribution in [2.75, 3.05) is 26.7 Å². The summed E-state index contributed by atoms with van der Waals surface area (Å²) in [4.78, 5) is 19.7. The standard InChI is InChI=1S/C27H31N3O2/c1-3-29-26(31)27(14-17-30(20-27)19-22-6-10-25(32-2)11-7-22)18-21-4-8-23(9-5-21)24-12-15-28-16-13-24/h4-13,15-16H,3,14,17-20H2,1-2H3,(H,29,31). The average molecular weight is 430 g/mol. The number of benzene rings is 2. The predicted octanol–water partition coefficient (Wildman–Crippen LogP) is 4.33. The number of pyridine rings is 1. The van der Waals surface area contributed by atoms with Crippen molar-refractivity contribution in [2.45, 2.75) is 26.3 Å². The van der Waals surface area contributed by atoms with Crippen LogP contribution in [-0.2, 0) is 17.8 Å². The molecule has 5 heteroatoms.